The van der Waals surface area contributed by atoms with Gasteiger partial charge in [-0.25, -0.2) is 0 Å². The Morgan fingerprint density at radius 1 is 0.577 bits per heavy atom. The van der Waals surface area contributed by atoms with Crippen LogP contribution in [0.4, 0.5) is 22.7 Å². The molecule has 0 amide bonds. The van der Waals surface area contributed by atoms with Crippen LogP contribution in [0.5, 0.6) is 34.8 Å². The third-order valence-electron chi connectivity index (χ3n) is 7.70. The Labute approximate surface area is 309 Å². The molecule has 0 radical (unpaired) electrons. The Kier molecular flexibility index (Phi) is 13.4. The molecule has 0 bridgehead atoms. The van der Waals surface area contributed by atoms with Crippen molar-refractivity contribution in [1.29, 1.82) is 0 Å². The average molecular weight is 756 g/mol. The molecule has 0 saturated carbocycles. The summed E-state index contributed by atoms with van der Waals surface area (Å²) in [4.78, 5) is 39.9. The third-order valence-corrected chi connectivity index (χ3v) is 8.58. The van der Waals surface area contributed by atoms with Gasteiger partial charge in [0.1, 0.15) is 34.4 Å². The van der Waals surface area contributed by atoms with Crippen LogP contribution in [0.2, 0.25) is 0 Å². The van der Waals surface area contributed by atoms with E-state index >= 15 is 0 Å². The maximum atomic E-state index is 13.8. The van der Waals surface area contributed by atoms with E-state index in [1.165, 1.54) is 44.6 Å². The number of benzene rings is 2. The van der Waals surface area contributed by atoms with Gasteiger partial charge in [0, 0.05) is 43.5 Å². The second-order valence-electron chi connectivity index (χ2n) is 10.6. The molecule has 52 heavy (non-hydrogen) atoms. The molecule has 0 aliphatic heterocycles. The van der Waals surface area contributed by atoms with E-state index in [0.717, 1.165) is 5.23 Å². The highest BCUT2D eigenvalue weighted by molar-refractivity contribution is 7.71. The molecule has 2 heterocycles. The zero-order valence-corrected chi connectivity index (χ0v) is 32.0. The SMILES string of the molecule is CCn1c(ON(C)Oc2c(N=Nc3ccc(OC)cc3OC)c(=O)n(CC)c(=S)n2CC)c(N=Nc2ccc(OC)cc2OC)c(=O)n(CC)c1=S. The Hall–Kier alpha value is -5.40. The van der Waals surface area contributed by atoms with Crippen LogP contribution in [0, 0.1) is 9.54 Å². The zero-order chi connectivity index (χ0) is 38.1. The lowest BCUT2D eigenvalue weighted by molar-refractivity contribution is -0.243. The van der Waals surface area contributed by atoms with E-state index in [1.807, 2.05) is 13.8 Å². The maximum Gasteiger partial charge on any atom is 0.286 e. The number of nitrogens with zero attached hydrogens (tertiary/aromatic N) is 9. The molecular weight excluding hydrogens is 715 g/mol. The van der Waals surface area contributed by atoms with Gasteiger partial charge < -0.3 is 28.6 Å². The minimum Gasteiger partial charge on any atom is -0.497 e. The first-order valence-corrected chi connectivity index (χ1v) is 17.0. The van der Waals surface area contributed by atoms with Crippen molar-refractivity contribution in [2.24, 2.45) is 20.5 Å². The van der Waals surface area contributed by atoms with Crippen molar-refractivity contribution in [2.45, 2.75) is 53.9 Å². The van der Waals surface area contributed by atoms with Crippen LogP contribution >= 0.6 is 24.4 Å². The van der Waals surface area contributed by atoms with Gasteiger partial charge in [-0.2, -0.15) is 0 Å². The molecule has 0 atom stereocenters. The van der Waals surface area contributed by atoms with Crippen molar-refractivity contribution in [3.05, 3.63) is 66.6 Å². The predicted octanol–water partition coefficient (Wildman–Crippen LogP) is 7.24. The quantitative estimate of drug-likeness (QED) is 0.0644. The van der Waals surface area contributed by atoms with E-state index in [2.05, 4.69) is 20.5 Å². The van der Waals surface area contributed by atoms with Crippen LogP contribution in [0.1, 0.15) is 27.7 Å². The highest BCUT2D eigenvalue weighted by atomic mass is 32.1. The largest absolute Gasteiger partial charge is 0.497 e. The average Bonchev–Trinajstić information content (AvgIpc) is 3.15. The van der Waals surface area contributed by atoms with Gasteiger partial charge in [-0.3, -0.25) is 27.9 Å². The number of methoxy groups -OCH3 is 4. The summed E-state index contributed by atoms with van der Waals surface area (Å²) in [5, 5.41) is 18.2. The van der Waals surface area contributed by atoms with Crippen LogP contribution in [0.25, 0.3) is 0 Å². The van der Waals surface area contributed by atoms with Crippen molar-refractivity contribution in [3.63, 3.8) is 0 Å². The molecule has 278 valence electrons. The second-order valence-corrected chi connectivity index (χ2v) is 11.3. The van der Waals surface area contributed by atoms with Crippen LogP contribution < -0.4 is 39.7 Å². The van der Waals surface area contributed by atoms with E-state index in [-0.39, 0.29) is 58.9 Å². The van der Waals surface area contributed by atoms with Gasteiger partial charge in [-0.15, -0.1) is 20.5 Å². The fourth-order valence-electron chi connectivity index (χ4n) is 5.01. The first kappa shape index (κ1) is 39.4. The fraction of sp³-hybridized carbons (Fsp3) is 0.394. The molecule has 0 N–H and O–H groups in total. The Morgan fingerprint density at radius 2 is 0.942 bits per heavy atom. The van der Waals surface area contributed by atoms with Gasteiger partial charge in [0.25, 0.3) is 22.9 Å². The Balaban J connectivity index is 1.86. The minimum absolute atomic E-state index is 0.0735. The van der Waals surface area contributed by atoms with Gasteiger partial charge in [0.05, 0.1) is 35.5 Å². The minimum atomic E-state index is -0.554. The number of ether oxygens (including phenoxy) is 4. The van der Waals surface area contributed by atoms with E-state index < -0.39 is 11.1 Å². The lowest BCUT2D eigenvalue weighted by Crippen LogP contribution is -2.34. The van der Waals surface area contributed by atoms with Crippen molar-refractivity contribution >= 4 is 47.2 Å². The van der Waals surface area contributed by atoms with Crippen LogP contribution in [0.15, 0.2) is 66.4 Å². The van der Waals surface area contributed by atoms with Crippen molar-refractivity contribution in [1.82, 2.24) is 23.5 Å². The summed E-state index contributed by atoms with van der Waals surface area (Å²) in [5.74, 6) is 1.68. The summed E-state index contributed by atoms with van der Waals surface area (Å²) in [6, 6.07) is 9.91. The summed E-state index contributed by atoms with van der Waals surface area (Å²) in [6.45, 7) is 8.32. The molecule has 0 spiro atoms. The molecule has 0 fully saturated rings. The number of rotatable bonds is 16. The molecule has 0 unspecified atom stereocenters. The van der Waals surface area contributed by atoms with Crippen LogP contribution in [-0.4, -0.2) is 59.0 Å². The summed E-state index contributed by atoms with van der Waals surface area (Å²) < 4.78 is 27.7. The highest BCUT2D eigenvalue weighted by Crippen LogP contribution is 2.36. The third kappa shape index (κ3) is 8.05. The van der Waals surface area contributed by atoms with Crippen molar-refractivity contribution in [2.75, 3.05) is 35.5 Å². The van der Waals surface area contributed by atoms with Gasteiger partial charge in [0.15, 0.2) is 9.54 Å². The lowest BCUT2D eigenvalue weighted by Gasteiger charge is -2.24. The molecule has 2 aromatic carbocycles. The fourth-order valence-corrected chi connectivity index (χ4v) is 5.86. The number of aromatic nitrogens is 4. The number of hydrogen-bond acceptors (Lipinski definition) is 15. The van der Waals surface area contributed by atoms with Crippen molar-refractivity contribution in [3.8, 4) is 34.8 Å². The standard InChI is InChI=1S/C33H41N9O8S2/c1-10-39-28(43)26(36-34-22-16-14-20(45-6)18-24(22)47-8)30(41(12-3)32(39)51)49-38(5)50-31-27(29(44)40(11-2)33(52)42(31)13-4)37-35-23-17-15-21(46-7)19-25(23)48-9/h14-19H,10-13H2,1-9H3. The maximum absolute atomic E-state index is 13.8. The normalized spacial score (nSPS) is 11.4. The summed E-state index contributed by atoms with van der Waals surface area (Å²) in [6.07, 6.45) is 0. The number of hydroxylamine groups is 2. The van der Waals surface area contributed by atoms with Gasteiger partial charge in [-0.05, 0) is 76.4 Å². The number of azo groups is 2. The highest BCUT2D eigenvalue weighted by Gasteiger charge is 2.25. The first-order valence-electron chi connectivity index (χ1n) is 16.1. The molecule has 4 aromatic rings. The smallest absolute Gasteiger partial charge is 0.286 e. The molecule has 0 aliphatic carbocycles. The second kappa shape index (κ2) is 17.7. The summed E-state index contributed by atoms with van der Waals surface area (Å²) in [5.41, 5.74) is -0.803. The van der Waals surface area contributed by atoms with E-state index in [1.54, 1.807) is 59.4 Å². The first-order chi connectivity index (χ1) is 25.0. The van der Waals surface area contributed by atoms with Gasteiger partial charge in [0.2, 0.25) is 11.4 Å². The van der Waals surface area contributed by atoms with Gasteiger partial charge >= 0.3 is 0 Å². The molecule has 2 aromatic heterocycles. The van der Waals surface area contributed by atoms with Gasteiger partial charge in [-0.1, -0.05) is 0 Å². The summed E-state index contributed by atoms with van der Waals surface area (Å²) >= 11 is 11.3. The zero-order valence-electron chi connectivity index (χ0n) is 30.4. The molecule has 0 aliphatic rings. The van der Waals surface area contributed by atoms with E-state index in [9.17, 15) is 9.59 Å². The lowest BCUT2D eigenvalue weighted by atomic mass is 10.3. The monoisotopic (exact) mass is 755 g/mol. The van der Waals surface area contributed by atoms with E-state index in [4.69, 9.17) is 53.1 Å². The molecular formula is C33H41N9O8S2. The topological polar surface area (TPSA) is 162 Å². The van der Waals surface area contributed by atoms with Crippen molar-refractivity contribution < 1.29 is 28.6 Å². The molecule has 4 rings (SSSR count). The Bertz CT molecular complexity index is 2070. The predicted molar refractivity (Wildman–Crippen MR) is 198 cm³/mol. The molecule has 0 saturated heterocycles. The van der Waals surface area contributed by atoms with Crippen LogP contribution in [0.3, 0.4) is 0 Å². The Morgan fingerprint density at radius 3 is 1.25 bits per heavy atom. The number of hydrogen-bond donors (Lipinski definition) is 0. The summed E-state index contributed by atoms with van der Waals surface area (Å²) in [7, 11) is 7.44. The molecule has 17 nitrogen and oxygen atoms in total. The molecule has 19 heteroatoms. The van der Waals surface area contributed by atoms with Crippen LogP contribution in [-0.2, 0) is 26.2 Å². The van der Waals surface area contributed by atoms with E-state index in [0.29, 0.717) is 34.4 Å².